The summed E-state index contributed by atoms with van der Waals surface area (Å²) in [4.78, 5) is 13.1. The van der Waals surface area contributed by atoms with E-state index >= 15 is 0 Å². The minimum Gasteiger partial charge on any atom is -0.388 e. The largest absolute Gasteiger partial charge is 0.388 e. The molecule has 0 spiro atoms. The number of fused-ring (bicyclic) bond motifs is 1. The Morgan fingerprint density at radius 2 is 2.00 bits per heavy atom. The Balaban J connectivity index is 0.00000225. The number of aliphatic hydroxyl groups is 1. The fourth-order valence-electron chi connectivity index (χ4n) is 3.63. The molecule has 1 fully saturated rings. The lowest BCUT2D eigenvalue weighted by atomic mass is 10.0. The summed E-state index contributed by atoms with van der Waals surface area (Å²) in [5.74, 6) is 0.867. The average molecular weight is 478 g/mol. The molecule has 0 aromatic carbocycles. The van der Waals surface area contributed by atoms with Crippen molar-refractivity contribution in [1.29, 1.82) is 0 Å². The van der Waals surface area contributed by atoms with Crippen molar-refractivity contribution in [3.63, 3.8) is 0 Å². The van der Waals surface area contributed by atoms with E-state index < -0.39 is 5.60 Å². The molecule has 3 rings (SSSR count). The normalized spacial score (nSPS) is 19.2. The smallest absolute Gasteiger partial charge is 0.194 e. The van der Waals surface area contributed by atoms with Gasteiger partial charge in [0.2, 0.25) is 0 Å². The number of rotatable bonds is 5. The molecule has 5 nitrogen and oxygen atoms in total. The van der Waals surface area contributed by atoms with Crippen LogP contribution in [0.2, 0.25) is 0 Å². The fourth-order valence-corrected chi connectivity index (χ4v) is 4.84. The third kappa shape index (κ3) is 5.53. The van der Waals surface area contributed by atoms with Crippen LogP contribution in [0.25, 0.3) is 0 Å². The molecule has 0 bridgehead atoms. The molecule has 142 valence electrons. The molecule has 0 atom stereocenters. The van der Waals surface area contributed by atoms with Crippen molar-refractivity contribution in [2.24, 2.45) is 4.99 Å². The molecule has 1 aromatic rings. The highest BCUT2D eigenvalue weighted by atomic mass is 127. The summed E-state index contributed by atoms with van der Waals surface area (Å²) in [5.41, 5.74) is 0.721. The molecule has 2 aliphatic rings. The number of nitrogens with one attached hydrogen (secondary N) is 1. The maximum Gasteiger partial charge on any atom is 0.194 e. The molecule has 7 heteroatoms. The second-order valence-electron chi connectivity index (χ2n) is 7.14. The monoisotopic (exact) mass is 478 g/mol. The zero-order valence-corrected chi connectivity index (χ0v) is 18.5. The Morgan fingerprint density at radius 3 is 2.68 bits per heavy atom. The van der Waals surface area contributed by atoms with Gasteiger partial charge in [-0.25, -0.2) is 4.98 Å². The molecule has 0 radical (unpaired) electrons. The second-order valence-corrected chi connectivity index (χ2v) is 8.31. The van der Waals surface area contributed by atoms with E-state index in [0.717, 1.165) is 51.2 Å². The lowest BCUT2D eigenvalue weighted by molar-refractivity contribution is 0.0572. The predicted molar refractivity (Wildman–Crippen MR) is 115 cm³/mol. The Morgan fingerprint density at radius 1 is 1.28 bits per heavy atom. The van der Waals surface area contributed by atoms with Gasteiger partial charge in [0.15, 0.2) is 5.96 Å². The summed E-state index contributed by atoms with van der Waals surface area (Å²) in [7, 11) is 2.06. The SMILES string of the molecule is CCNC(=NCC1(O)CCCC1)N(C)Cc1nc2c(s1)CCCC2.I. The Labute approximate surface area is 172 Å². The van der Waals surface area contributed by atoms with Crippen LogP contribution in [0.15, 0.2) is 4.99 Å². The van der Waals surface area contributed by atoms with Crippen molar-refractivity contribution < 1.29 is 5.11 Å². The first-order chi connectivity index (χ1) is 11.6. The molecule has 0 amide bonds. The van der Waals surface area contributed by atoms with Gasteiger partial charge in [-0.1, -0.05) is 12.8 Å². The molecule has 1 saturated carbocycles. The number of guanidine groups is 1. The maximum absolute atomic E-state index is 10.5. The van der Waals surface area contributed by atoms with Crippen LogP contribution < -0.4 is 5.32 Å². The van der Waals surface area contributed by atoms with Crippen molar-refractivity contribution in [2.75, 3.05) is 20.1 Å². The van der Waals surface area contributed by atoms with Crippen LogP contribution >= 0.6 is 35.3 Å². The van der Waals surface area contributed by atoms with E-state index in [-0.39, 0.29) is 24.0 Å². The lowest BCUT2D eigenvalue weighted by Crippen LogP contribution is -2.40. The molecule has 0 aliphatic heterocycles. The summed E-state index contributed by atoms with van der Waals surface area (Å²) >= 11 is 1.86. The van der Waals surface area contributed by atoms with Crippen LogP contribution in [-0.2, 0) is 19.4 Å². The summed E-state index contributed by atoms with van der Waals surface area (Å²) < 4.78 is 0. The minimum atomic E-state index is -0.595. The number of nitrogens with zero attached hydrogens (tertiary/aromatic N) is 3. The van der Waals surface area contributed by atoms with Gasteiger partial charge in [0.25, 0.3) is 0 Å². The van der Waals surface area contributed by atoms with E-state index in [1.165, 1.54) is 34.8 Å². The number of hydrogen-bond donors (Lipinski definition) is 2. The minimum absolute atomic E-state index is 0. The van der Waals surface area contributed by atoms with E-state index in [1.807, 2.05) is 11.3 Å². The third-order valence-electron chi connectivity index (χ3n) is 5.02. The maximum atomic E-state index is 10.5. The first kappa shape index (κ1) is 20.9. The number of thiazole rings is 1. The van der Waals surface area contributed by atoms with Crippen LogP contribution in [0.5, 0.6) is 0 Å². The molecule has 2 N–H and O–H groups in total. The van der Waals surface area contributed by atoms with Gasteiger partial charge < -0.3 is 15.3 Å². The van der Waals surface area contributed by atoms with Gasteiger partial charge in [-0.3, -0.25) is 4.99 Å². The van der Waals surface area contributed by atoms with Gasteiger partial charge in [0.05, 0.1) is 24.4 Å². The van der Waals surface area contributed by atoms with E-state index in [0.29, 0.717) is 6.54 Å². The Hall–Kier alpha value is -0.410. The molecular formula is C18H31IN4OS. The van der Waals surface area contributed by atoms with Gasteiger partial charge in [0, 0.05) is 18.5 Å². The molecular weight excluding hydrogens is 447 g/mol. The Kier molecular flexibility index (Phi) is 7.94. The summed E-state index contributed by atoms with van der Waals surface area (Å²) in [6.45, 7) is 4.18. The van der Waals surface area contributed by atoms with Crippen LogP contribution in [-0.4, -0.2) is 46.7 Å². The van der Waals surface area contributed by atoms with Crippen LogP contribution in [0, 0.1) is 0 Å². The highest BCUT2D eigenvalue weighted by molar-refractivity contribution is 14.0. The molecule has 0 unspecified atom stereocenters. The van der Waals surface area contributed by atoms with Gasteiger partial charge in [-0.15, -0.1) is 35.3 Å². The van der Waals surface area contributed by atoms with E-state index in [1.54, 1.807) is 0 Å². The van der Waals surface area contributed by atoms with Crippen LogP contribution in [0.3, 0.4) is 0 Å². The zero-order chi connectivity index (χ0) is 17.0. The van der Waals surface area contributed by atoms with Gasteiger partial charge in [0.1, 0.15) is 5.01 Å². The lowest BCUT2D eigenvalue weighted by Gasteiger charge is -2.24. The van der Waals surface area contributed by atoms with Crippen molar-refractivity contribution in [1.82, 2.24) is 15.2 Å². The van der Waals surface area contributed by atoms with Gasteiger partial charge in [-0.05, 0) is 45.4 Å². The third-order valence-corrected chi connectivity index (χ3v) is 6.16. The highest BCUT2D eigenvalue weighted by Crippen LogP contribution is 2.30. The fraction of sp³-hybridized carbons (Fsp3) is 0.778. The average Bonchev–Trinajstić information content (AvgIpc) is 3.17. The number of halogens is 1. The van der Waals surface area contributed by atoms with Crippen LogP contribution in [0.1, 0.15) is 61.0 Å². The number of aryl methyl sites for hydroxylation is 2. The molecule has 2 aliphatic carbocycles. The summed E-state index contributed by atoms with van der Waals surface area (Å²) in [6, 6.07) is 0. The molecule has 0 saturated heterocycles. The number of aromatic nitrogens is 1. The quantitative estimate of drug-likeness (QED) is 0.387. The number of aliphatic imine (C=N–C) groups is 1. The standard InChI is InChI=1S/C18H30N4OS.HI/c1-3-19-17(20-13-18(23)10-6-7-11-18)22(2)12-16-21-14-8-4-5-9-15(14)24-16;/h23H,3-13H2,1-2H3,(H,19,20);1H. The first-order valence-corrected chi connectivity index (χ1v) is 10.1. The predicted octanol–water partition coefficient (Wildman–Crippen LogP) is 3.34. The van der Waals surface area contributed by atoms with Crippen molar-refractivity contribution in [2.45, 2.75) is 70.4 Å². The Bertz CT molecular complexity index is 560. The van der Waals surface area contributed by atoms with E-state index in [4.69, 9.17) is 9.98 Å². The summed E-state index contributed by atoms with van der Waals surface area (Å²) in [6.07, 6.45) is 8.88. The second kappa shape index (κ2) is 9.50. The van der Waals surface area contributed by atoms with E-state index in [9.17, 15) is 5.11 Å². The van der Waals surface area contributed by atoms with E-state index in [2.05, 4.69) is 24.2 Å². The number of hydrogen-bond acceptors (Lipinski definition) is 4. The zero-order valence-electron chi connectivity index (χ0n) is 15.4. The van der Waals surface area contributed by atoms with Gasteiger partial charge >= 0.3 is 0 Å². The molecule has 25 heavy (non-hydrogen) atoms. The van der Waals surface area contributed by atoms with Crippen molar-refractivity contribution in [3.05, 3.63) is 15.6 Å². The van der Waals surface area contributed by atoms with Gasteiger partial charge in [-0.2, -0.15) is 0 Å². The molecule has 1 aromatic heterocycles. The van der Waals surface area contributed by atoms with Crippen molar-refractivity contribution >= 4 is 41.3 Å². The topological polar surface area (TPSA) is 60.8 Å². The highest BCUT2D eigenvalue weighted by Gasteiger charge is 2.31. The molecule has 1 heterocycles. The summed E-state index contributed by atoms with van der Waals surface area (Å²) in [5, 5.41) is 15.0. The van der Waals surface area contributed by atoms with Crippen molar-refractivity contribution in [3.8, 4) is 0 Å². The first-order valence-electron chi connectivity index (χ1n) is 9.29. The van der Waals surface area contributed by atoms with Crippen LogP contribution in [0.4, 0.5) is 0 Å².